The maximum Gasteiger partial charge on any atom is 0.264 e. The van der Waals surface area contributed by atoms with Gasteiger partial charge in [-0.2, -0.15) is 0 Å². The standard InChI is InChI=1S/C19H16Cl2N2O2S/c1-2-9-25-16-8-5-14(21)10-12(16)11-17-18(24)23-19(26-17)22-15-6-3-13(20)4-7-15/h3-8,10-11H,2,9H2,1H3,(H,22,23,24)/b17-11-. The number of nitrogens with one attached hydrogen (secondary N) is 1. The molecule has 0 aliphatic carbocycles. The fourth-order valence-corrected chi connectivity index (χ4v) is 3.37. The molecule has 1 aliphatic rings. The number of hydrogen-bond donors (Lipinski definition) is 1. The molecule has 4 nitrogen and oxygen atoms in total. The molecule has 3 rings (SSSR count). The van der Waals surface area contributed by atoms with Gasteiger partial charge in [0.25, 0.3) is 5.91 Å². The first-order valence-electron chi connectivity index (χ1n) is 8.02. The van der Waals surface area contributed by atoms with Crippen molar-refractivity contribution in [1.82, 2.24) is 5.32 Å². The number of halogens is 2. The van der Waals surface area contributed by atoms with Gasteiger partial charge in [0.1, 0.15) is 5.75 Å². The van der Waals surface area contributed by atoms with Gasteiger partial charge in [0, 0.05) is 15.6 Å². The molecule has 26 heavy (non-hydrogen) atoms. The highest BCUT2D eigenvalue weighted by Crippen LogP contribution is 2.32. The van der Waals surface area contributed by atoms with Crippen LogP contribution in [0.15, 0.2) is 52.4 Å². The van der Waals surface area contributed by atoms with E-state index in [0.29, 0.717) is 38.2 Å². The van der Waals surface area contributed by atoms with E-state index in [0.717, 1.165) is 12.0 Å². The summed E-state index contributed by atoms with van der Waals surface area (Å²) in [5.41, 5.74) is 1.48. The van der Waals surface area contributed by atoms with Gasteiger partial charge in [0.15, 0.2) is 5.17 Å². The van der Waals surface area contributed by atoms with Gasteiger partial charge < -0.3 is 10.1 Å². The summed E-state index contributed by atoms with van der Waals surface area (Å²) >= 11 is 13.2. The number of ether oxygens (including phenoxy) is 1. The Hall–Kier alpha value is -1.95. The van der Waals surface area contributed by atoms with Gasteiger partial charge in [0.2, 0.25) is 0 Å². The van der Waals surface area contributed by atoms with Crippen LogP contribution < -0.4 is 10.1 Å². The minimum absolute atomic E-state index is 0.205. The molecule has 0 bridgehead atoms. The molecule has 2 aromatic rings. The lowest BCUT2D eigenvalue weighted by molar-refractivity contribution is -0.115. The first kappa shape index (κ1) is 18.8. The fraction of sp³-hybridized carbons (Fsp3) is 0.158. The molecule has 1 heterocycles. The van der Waals surface area contributed by atoms with Crippen LogP contribution in [-0.2, 0) is 4.79 Å². The van der Waals surface area contributed by atoms with Crippen molar-refractivity contribution in [2.75, 3.05) is 6.61 Å². The minimum Gasteiger partial charge on any atom is -0.493 e. The first-order valence-corrected chi connectivity index (χ1v) is 9.60. The average molecular weight is 407 g/mol. The van der Waals surface area contributed by atoms with E-state index in [1.54, 1.807) is 42.5 Å². The van der Waals surface area contributed by atoms with Crippen LogP contribution in [0.25, 0.3) is 6.08 Å². The van der Waals surface area contributed by atoms with Crippen molar-refractivity contribution in [3.05, 3.63) is 63.0 Å². The van der Waals surface area contributed by atoms with Gasteiger partial charge >= 0.3 is 0 Å². The lowest BCUT2D eigenvalue weighted by Crippen LogP contribution is -2.19. The third kappa shape index (κ3) is 4.81. The molecule has 1 amide bonds. The molecule has 0 atom stereocenters. The third-order valence-corrected chi connectivity index (χ3v) is 4.83. The van der Waals surface area contributed by atoms with Crippen molar-refractivity contribution in [2.45, 2.75) is 13.3 Å². The van der Waals surface area contributed by atoms with Crippen LogP contribution in [0.3, 0.4) is 0 Å². The number of benzene rings is 2. The molecular weight excluding hydrogens is 391 g/mol. The molecule has 1 N–H and O–H groups in total. The van der Waals surface area contributed by atoms with Crippen LogP contribution in [0, 0.1) is 0 Å². The smallest absolute Gasteiger partial charge is 0.264 e. The Kier molecular flexibility index (Phi) is 6.25. The van der Waals surface area contributed by atoms with E-state index in [-0.39, 0.29) is 5.91 Å². The van der Waals surface area contributed by atoms with E-state index in [9.17, 15) is 4.79 Å². The predicted molar refractivity (Wildman–Crippen MR) is 109 cm³/mol. The van der Waals surface area contributed by atoms with Crippen LogP contribution in [0.2, 0.25) is 10.0 Å². The van der Waals surface area contributed by atoms with E-state index in [4.69, 9.17) is 27.9 Å². The van der Waals surface area contributed by atoms with Crippen molar-refractivity contribution < 1.29 is 9.53 Å². The number of carbonyl (C=O) groups is 1. The van der Waals surface area contributed by atoms with Gasteiger partial charge in [-0.3, -0.25) is 4.79 Å². The summed E-state index contributed by atoms with van der Waals surface area (Å²) < 4.78 is 5.73. The lowest BCUT2D eigenvalue weighted by Gasteiger charge is -2.08. The summed E-state index contributed by atoms with van der Waals surface area (Å²) in [6.07, 6.45) is 2.66. The highest BCUT2D eigenvalue weighted by Gasteiger charge is 2.24. The molecule has 1 fully saturated rings. The number of rotatable bonds is 5. The number of aliphatic imine (C=N–C) groups is 1. The quantitative estimate of drug-likeness (QED) is 0.650. The summed E-state index contributed by atoms with van der Waals surface area (Å²) in [5.74, 6) is 0.490. The summed E-state index contributed by atoms with van der Waals surface area (Å²) in [5, 5.41) is 4.50. The second-order valence-corrected chi connectivity index (χ2v) is 7.39. The van der Waals surface area contributed by atoms with E-state index >= 15 is 0 Å². The normalized spacial score (nSPS) is 17.0. The van der Waals surface area contributed by atoms with E-state index < -0.39 is 0 Å². The molecule has 2 aromatic carbocycles. The van der Waals surface area contributed by atoms with Gasteiger partial charge in [-0.05, 0) is 66.7 Å². The van der Waals surface area contributed by atoms with E-state index in [1.807, 2.05) is 13.0 Å². The fourth-order valence-electron chi connectivity index (χ4n) is 2.23. The Morgan fingerprint density at radius 1 is 1.15 bits per heavy atom. The highest BCUT2D eigenvalue weighted by molar-refractivity contribution is 8.18. The van der Waals surface area contributed by atoms with Crippen LogP contribution in [0.1, 0.15) is 18.9 Å². The zero-order chi connectivity index (χ0) is 18.5. The molecule has 1 saturated heterocycles. The van der Waals surface area contributed by atoms with Gasteiger partial charge in [-0.1, -0.05) is 30.1 Å². The molecular formula is C19H16Cl2N2O2S. The Labute approximate surface area is 166 Å². The number of thioether (sulfide) groups is 1. The largest absolute Gasteiger partial charge is 0.493 e. The zero-order valence-electron chi connectivity index (χ0n) is 14.0. The number of hydrogen-bond acceptors (Lipinski definition) is 4. The molecule has 0 aromatic heterocycles. The summed E-state index contributed by atoms with van der Waals surface area (Å²) in [6, 6.07) is 12.4. The topological polar surface area (TPSA) is 50.7 Å². The molecule has 1 aliphatic heterocycles. The van der Waals surface area contributed by atoms with Crippen molar-refractivity contribution in [2.24, 2.45) is 4.99 Å². The Morgan fingerprint density at radius 2 is 1.88 bits per heavy atom. The number of amides is 1. The maximum atomic E-state index is 12.3. The van der Waals surface area contributed by atoms with E-state index in [1.165, 1.54) is 11.8 Å². The molecule has 7 heteroatoms. The summed E-state index contributed by atoms with van der Waals surface area (Å²) in [6.45, 7) is 2.63. The minimum atomic E-state index is -0.205. The monoisotopic (exact) mass is 406 g/mol. The second kappa shape index (κ2) is 8.62. The van der Waals surface area contributed by atoms with Crippen LogP contribution in [0.4, 0.5) is 5.69 Å². The number of carbonyl (C=O) groups excluding carboxylic acids is 1. The summed E-state index contributed by atoms with van der Waals surface area (Å²) in [4.78, 5) is 17.2. The predicted octanol–water partition coefficient (Wildman–Crippen LogP) is 5.67. The third-order valence-electron chi connectivity index (χ3n) is 3.43. The lowest BCUT2D eigenvalue weighted by atomic mass is 10.2. The highest BCUT2D eigenvalue weighted by atomic mass is 35.5. The first-order chi connectivity index (χ1) is 12.5. The molecule has 0 spiro atoms. The molecule has 0 radical (unpaired) electrons. The number of nitrogens with zero attached hydrogens (tertiary/aromatic N) is 1. The maximum absolute atomic E-state index is 12.3. The van der Waals surface area contributed by atoms with Crippen LogP contribution >= 0.6 is 35.0 Å². The van der Waals surface area contributed by atoms with E-state index in [2.05, 4.69) is 10.3 Å². The van der Waals surface area contributed by atoms with Gasteiger partial charge in [-0.25, -0.2) is 4.99 Å². The molecule has 0 unspecified atom stereocenters. The average Bonchev–Trinajstić information content (AvgIpc) is 2.95. The Morgan fingerprint density at radius 3 is 2.62 bits per heavy atom. The molecule has 0 saturated carbocycles. The van der Waals surface area contributed by atoms with Crippen molar-refractivity contribution in [3.8, 4) is 5.75 Å². The number of amidine groups is 1. The van der Waals surface area contributed by atoms with Crippen LogP contribution in [0.5, 0.6) is 5.75 Å². The zero-order valence-corrected chi connectivity index (χ0v) is 16.3. The Bertz CT molecular complexity index is 880. The van der Waals surface area contributed by atoms with Crippen molar-refractivity contribution in [1.29, 1.82) is 0 Å². The van der Waals surface area contributed by atoms with Crippen molar-refractivity contribution >= 4 is 57.8 Å². The summed E-state index contributed by atoms with van der Waals surface area (Å²) in [7, 11) is 0. The SMILES string of the molecule is CCCOc1ccc(Cl)cc1/C=C1\SC(=Nc2ccc(Cl)cc2)NC1=O. The Balaban J connectivity index is 1.84. The van der Waals surface area contributed by atoms with Gasteiger partial charge in [-0.15, -0.1) is 0 Å². The van der Waals surface area contributed by atoms with Crippen molar-refractivity contribution in [3.63, 3.8) is 0 Å². The van der Waals surface area contributed by atoms with Crippen LogP contribution in [-0.4, -0.2) is 17.7 Å². The molecule has 134 valence electrons. The van der Waals surface area contributed by atoms with Gasteiger partial charge in [0.05, 0.1) is 17.2 Å². The second-order valence-electron chi connectivity index (χ2n) is 5.49.